The standard InChI is InChI=1S/C6H12N2O2.H2O/c1-3-4-8-5(2)10-6(7)9;/h3,5,8H,1,4H2,2H3,(H2,7,9);1H2. The second-order valence-corrected chi connectivity index (χ2v) is 1.78. The topological polar surface area (TPSA) is 95.8 Å². The molecule has 0 aromatic rings. The second kappa shape index (κ2) is 7.04. The van der Waals surface area contributed by atoms with Crippen molar-refractivity contribution in [3.05, 3.63) is 12.7 Å². The van der Waals surface area contributed by atoms with Crippen LogP contribution in [0, 0.1) is 0 Å². The van der Waals surface area contributed by atoms with Crippen molar-refractivity contribution < 1.29 is 15.0 Å². The van der Waals surface area contributed by atoms with E-state index in [4.69, 9.17) is 5.73 Å². The number of nitrogens with one attached hydrogen (secondary N) is 1. The number of hydrogen-bond acceptors (Lipinski definition) is 3. The molecule has 5 nitrogen and oxygen atoms in total. The van der Waals surface area contributed by atoms with Gasteiger partial charge in [0.15, 0.2) is 6.23 Å². The van der Waals surface area contributed by atoms with Gasteiger partial charge in [0.1, 0.15) is 0 Å². The van der Waals surface area contributed by atoms with Crippen molar-refractivity contribution in [1.82, 2.24) is 5.32 Å². The number of carbonyl (C=O) groups is 1. The lowest BCUT2D eigenvalue weighted by Crippen LogP contribution is -2.33. The molecular weight excluding hydrogens is 148 g/mol. The lowest BCUT2D eigenvalue weighted by molar-refractivity contribution is 0.0993. The van der Waals surface area contributed by atoms with Crippen LogP contribution in [0.2, 0.25) is 0 Å². The Balaban J connectivity index is 0. The SMILES string of the molecule is C=CCNC(C)OC(N)=O.O. The molecule has 0 heterocycles. The zero-order chi connectivity index (χ0) is 7.98. The van der Waals surface area contributed by atoms with Gasteiger partial charge in [0.05, 0.1) is 0 Å². The Labute approximate surface area is 65.5 Å². The van der Waals surface area contributed by atoms with E-state index < -0.39 is 6.09 Å². The molecule has 5 N–H and O–H groups in total. The highest BCUT2D eigenvalue weighted by atomic mass is 16.6. The summed E-state index contributed by atoms with van der Waals surface area (Å²) in [6.45, 7) is 5.76. The summed E-state index contributed by atoms with van der Waals surface area (Å²) in [7, 11) is 0. The summed E-state index contributed by atoms with van der Waals surface area (Å²) in [4.78, 5) is 10.1. The van der Waals surface area contributed by atoms with Crippen molar-refractivity contribution in [2.24, 2.45) is 5.73 Å². The Morgan fingerprint density at radius 3 is 2.82 bits per heavy atom. The van der Waals surface area contributed by atoms with Crippen molar-refractivity contribution in [3.63, 3.8) is 0 Å². The first-order valence-corrected chi connectivity index (χ1v) is 2.97. The van der Waals surface area contributed by atoms with Crippen LogP contribution in [0.15, 0.2) is 12.7 Å². The molecule has 0 bridgehead atoms. The molecule has 0 radical (unpaired) electrons. The predicted molar refractivity (Wildman–Crippen MR) is 41.9 cm³/mol. The maximum Gasteiger partial charge on any atom is 0.406 e. The largest absolute Gasteiger partial charge is 0.431 e. The van der Waals surface area contributed by atoms with E-state index in [9.17, 15) is 4.79 Å². The summed E-state index contributed by atoms with van der Waals surface area (Å²) in [6, 6.07) is 0. The van der Waals surface area contributed by atoms with Crippen molar-refractivity contribution in [1.29, 1.82) is 0 Å². The molecule has 1 amide bonds. The van der Waals surface area contributed by atoms with E-state index in [-0.39, 0.29) is 11.7 Å². The van der Waals surface area contributed by atoms with Crippen LogP contribution in [0.25, 0.3) is 0 Å². The van der Waals surface area contributed by atoms with Gasteiger partial charge in [0, 0.05) is 6.54 Å². The number of hydrogen-bond donors (Lipinski definition) is 2. The third kappa shape index (κ3) is 8.93. The van der Waals surface area contributed by atoms with E-state index in [2.05, 4.69) is 16.6 Å². The monoisotopic (exact) mass is 162 g/mol. The van der Waals surface area contributed by atoms with Gasteiger partial charge >= 0.3 is 6.09 Å². The Kier molecular flexibility index (Phi) is 8.06. The molecular formula is C6H14N2O3. The Morgan fingerprint density at radius 1 is 1.91 bits per heavy atom. The fraction of sp³-hybridized carbons (Fsp3) is 0.500. The molecule has 1 unspecified atom stereocenters. The van der Waals surface area contributed by atoms with Crippen molar-refractivity contribution >= 4 is 6.09 Å². The molecule has 5 heteroatoms. The first-order valence-electron chi connectivity index (χ1n) is 2.97. The molecule has 0 rings (SSSR count). The quantitative estimate of drug-likeness (QED) is 0.426. The molecule has 0 saturated heterocycles. The maximum absolute atomic E-state index is 10.1. The minimum atomic E-state index is -0.774. The van der Waals surface area contributed by atoms with Gasteiger partial charge in [0.25, 0.3) is 0 Å². The number of primary amides is 1. The molecule has 66 valence electrons. The van der Waals surface area contributed by atoms with Gasteiger partial charge in [0.2, 0.25) is 0 Å². The van der Waals surface area contributed by atoms with E-state index in [1.807, 2.05) is 0 Å². The van der Waals surface area contributed by atoms with Crippen molar-refractivity contribution in [3.8, 4) is 0 Å². The molecule has 0 saturated carbocycles. The minimum Gasteiger partial charge on any atom is -0.431 e. The molecule has 0 spiro atoms. The van der Waals surface area contributed by atoms with Crippen molar-refractivity contribution in [2.75, 3.05) is 6.54 Å². The Hall–Kier alpha value is -1.07. The first-order chi connectivity index (χ1) is 4.66. The third-order valence-electron chi connectivity index (χ3n) is 0.843. The fourth-order valence-corrected chi connectivity index (χ4v) is 0.465. The average Bonchev–Trinajstić information content (AvgIpc) is 1.82. The molecule has 11 heavy (non-hydrogen) atoms. The number of carbonyl (C=O) groups excluding carboxylic acids is 1. The zero-order valence-electron chi connectivity index (χ0n) is 6.46. The van der Waals surface area contributed by atoms with Crippen LogP contribution < -0.4 is 11.1 Å². The summed E-state index contributed by atoms with van der Waals surface area (Å²) < 4.78 is 4.53. The molecule has 1 atom stereocenters. The zero-order valence-corrected chi connectivity index (χ0v) is 6.46. The van der Waals surface area contributed by atoms with Gasteiger partial charge in [-0.3, -0.25) is 5.32 Å². The van der Waals surface area contributed by atoms with E-state index in [1.165, 1.54) is 0 Å². The highest BCUT2D eigenvalue weighted by Crippen LogP contribution is 1.83. The van der Waals surface area contributed by atoms with Crippen LogP contribution in [0.1, 0.15) is 6.92 Å². The summed E-state index contributed by atoms with van der Waals surface area (Å²) in [5, 5.41) is 2.82. The average molecular weight is 162 g/mol. The van der Waals surface area contributed by atoms with Gasteiger partial charge in [-0.05, 0) is 6.92 Å². The molecule has 0 fully saturated rings. The number of amides is 1. The van der Waals surface area contributed by atoms with E-state index in [0.717, 1.165) is 0 Å². The second-order valence-electron chi connectivity index (χ2n) is 1.78. The van der Waals surface area contributed by atoms with Gasteiger partial charge < -0.3 is 15.9 Å². The highest BCUT2D eigenvalue weighted by molar-refractivity contribution is 5.64. The predicted octanol–water partition coefficient (Wildman–Crippen LogP) is -0.621. The first kappa shape index (κ1) is 12.6. The Bertz CT molecular complexity index is 127. The summed E-state index contributed by atoms with van der Waals surface area (Å²) >= 11 is 0. The van der Waals surface area contributed by atoms with Gasteiger partial charge in [-0.15, -0.1) is 6.58 Å². The summed E-state index contributed by atoms with van der Waals surface area (Å²) in [6.07, 6.45) is 0.542. The normalized spacial score (nSPS) is 11.0. The van der Waals surface area contributed by atoms with Crippen LogP contribution in [0.3, 0.4) is 0 Å². The molecule has 0 aliphatic rings. The van der Waals surface area contributed by atoms with Crippen LogP contribution in [0.4, 0.5) is 4.79 Å². The minimum absolute atomic E-state index is 0. The number of rotatable bonds is 4. The van der Waals surface area contributed by atoms with Crippen LogP contribution >= 0.6 is 0 Å². The maximum atomic E-state index is 10.1. The summed E-state index contributed by atoms with van der Waals surface area (Å²) in [5.74, 6) is 0. The smallest absolute Gasteiger partial charge is 0.406 e. The highest BCUT2D eigenvalue weighted by Gasteiger charge is 2.01. The third-order valence-corrected chi connectivity index (χ3v) is 0.843. The van der Waals surface area contributed by atoms with Crippen LogP contribution in [-0.4, -0.2) is 24.3 Å². The van der Waals surface area contributed by atoms with E-state index in [0.29, 0.717) is 6.54 Å². The molecule has 0 aromatic carbocycles. The molecule has 0 aliphatic carbocycles. The lowest BCUT2D eigenvalue weighted by atomic mass is 10.5. The molecule has 0 aromatic heterocycles. The van der Waals surface area contributed by atoms with Gasteiger partial charge in [-0.25, -0.2) is 4.79 Å². The summed E-state index contributed by atoms with van der Waals surface area (Å²) in [5.41, 5.74) is 4.74. The van der Waals surface area contributed by atoms with E-state index in [1.54, 1.807) is 13.0 Å². The lowest BCUT2D eigenvalue weighted by Gasteiger charge is -2.10. The fourth-order valence-electron chi connectivity index (χ4n) is 0.465. The molecule has 0 aliphatic heterocycles. The van der Waals surface area contributed by atoms with E-state index >= 15 is 0 Å². The van der Waals surface area contributed by atoms with Crippen LogP contribution in [-0.2, 0) is 4.74 Å². The Morgan fingerprint density at radius 2 is 2.45 bits per heavy atom. The number of ether oxygens (including phenoxy) is 1. The van der Waals surface area contributed by atoms with Crippen LogP contribution in [0.5, 0.6) is 0 Å². The van der Waals surface area contributed by atoms with Crippen molar-refractivity contribution in [2.45, 2.75) is 13.2 Å². The van der Waals surface area contributed by atoms with Gasteiger partial charge in [-0.1, -0.05) is 6.08 Å². The van der Waals surface area contributed by atoms with Gasteiger partial charge in [-0.2, -0.15) is 0 Å². The number of nitrogens with two attached hydrogens (primary N) is 1.